The van der Waals surface area contributed by atoms with E-state index in [2.05, 4.69) is 19.3 Å². The highest BCUT2D eigenvalue weighted by molar-refractivity contribution is 5.91. The molecule has 0 aromatic rings. The number of hydroxylamine groups is 1. The molecule has 1 amide bonds. The number of nitrogens with one attached hydrogen (secondary N) is 1. The van der Waals surface area contributed by atoms with Crippen LogP contribution in [0.25, 0.3) is 0 Å². The van der Waals surface area contributed by atoms with E-state index in [-0.39, 0.29) is 28.8 Å². The number of ether oxygens (including phenoxy) is 1. The van der Waals surface area contributed by atoms with Crippen LogP contribution in [0, 0.1) is 34.5 Å². The Kier molecular flexibility index (Phi) is 7.43. The van der Waals surface area contributed by atoms with Gasteiger partial charge in [-0.15, -0.1) is 0 Å². The van der Waals surface area contributed by atoms with Crippen LogP contribution in [0.2, 0.25) is 0 Å². The smallest absolute Gasteiger partial charge is 0.410 e. The van der Waals surface area contributed by atoms with Crippen LogP contribution < -0.4 is 5.48 Å². The van der Waals surface area contributed by atoms with Crippen molar-refractivity contribution in [3.8, 4) is 0 Å². The topological polar surface area (TPSA) is 84.9 Å². The maximum absolute atomic E-state index is 13.0. The van der Waals surface area contributed by atoms with Crippen LogP contribution in [-0.2, 0) is 19.2 Å². The van der Waals surface area contributed by atoms with Gasteiger partial charge in [0.1, 0.15) is 5.60 Å². The highest BCUT2D eigenvalue weighted by Gasteiger charge is 2.57. The van der Waals surface area contributed by atoms with Gasteiger partial charge in [0.2, 0.25) is 0 Å². The molecule has 0 aromatic carbocycles. The fourth-order valence-electron chi connectivity index (χ4n) is 8.92. The number of ketones is 1. The second-order valence-corrected chi connectivity index (χ2v) is 14.4. The van der Waals surface area contributed by atoms with E-state index in [1.165, 1.54) is 30.4 Å². The van der Waals surface area contributed by atoms with E-state index >= 15 is 0 Å². The number of hydrogen-bond acceptors (Lipinski definition) is 6. The van der Waals surface area contributed by atoms with Gasteiger partial charge in [0.05, 0.1) is 5.92 Å². The Morgan fingerprint density at radius 1 is 1.00 bits per heavy atom. The van der Waals surface area contributed by atoms with E-state index in [4.69, 9.17) is 9.57 Å². The Morgan fingerprint density at radius 2 is 1.74 bits per heavy atom. The lowest BCUT2D eigenvalue weighted by molar-refractivity contribution is -0.156. The van der Waals surface area contributed by atoms with Crippen molar-refractivity contribution in [2.24, 2.45) is 34.5 Å². The quantitative estimate of drug-likeness (QED) is 0.412. The lowest BCUT2D eigenvalue weighted by Gasteiger charge is -2.57. The summed E-state index contributed by atoms with van der Waals surface area (Å²) in [6.45, 7) is 13.4. The van der Waals surface area contributed by atoms with Crippen molar-refractivity contribution in [1.82, 2.24) is 10.4 Å². The SMILES string of the molecule is C/C(NOC(=O)C1CCCN(C(=O)OC(C)(C)C)C1)=C1\CC[C@H]2[C@@H]3CCC4=CC(=O)CC[C@]4(C)[C@H]3CC[C@]12C. The zero-order chi connectivity index (χ0) is 28.2. The molecule has 7 nitrogen and oxygen atoms in total. The van der Waals surface area contributed by atoms with E-state index in [1.807, 2.05) is 33.8 Å². The average Bonchev–Trinajstić information content (AvgIpc) is 3.24. The standard InChI is InChI=1S/C32H48N2O5/c1-20(33-39-28(36)21-8-7-17-34(19-21)29(37)38-30(2,3)4)25-11-12-26-24-10-9-22-18-23(35)13-15-31(22,5)27(24)14-16-32(25,26)6/h18,21,24,26-27,33H,7-17,19H2,1-6H3/b25-20-/t21?,24-,26-,27-,31-,32+/m0/s1. The first-order valence-electron chi connectivity index (χ1n) is 15.2. The predicted octanol–water partition coefficient (Wildman–Crippen LogP) is 6.49. The summed E-state index contributed by atoms with van der Waals surface area (Å²) in [7, 11) is 0. The summed E-state index contributed by atoms with van der Waals surface area (Å²) in [6.07, 6.45) is 11.6. The van der Waals surface area contributed by atoms with Crippen molar-refractivity contribution in [2.75, 3.05) is 13.1 Å². The largest absolute Gasteiger partial charge is 0.444 e. The van der Waals surface area contributed by atoms with Gasteiger partial charge in [-0.2, -0.15) is 0 Å². The molecule has 0 spiro atoms. The van der Waals surface area contributed by atoms with Crippen LogP contribution in [0.3, 0.4) is 0 Å². The predicted molar refractivity (Wildman–Crippen MR) is 149 cm³/mol. The molecule has 0 aromatic heterocycles. The maximum Gasteiger partial charge on any atom is 0.410 e. The molecule has 1 saturated heterocycles. The number of amides is 1. The third kappa shape index (κ3) is 5.27. The van der Waals surface area contributed by atoms with Crippen molar-refractivity contribution in [3.63, 3.8) is 0 Å². The van der Waals surface area contributed by atoms with Gasteiger partial charge in [-0.3, -0.25) is 4.79 Å². The first kappa shape index (κ1) is 28.2. The van der Waals surface area contributed by atoms with Crippen LogP contribution in [0.1, 0.15) is 106 Å². The van der Waals surface area contributed by atoms with E-state index in [9.17, 15) is 14.4 Å². The molecule has 216 valence electrons. The zero-order valence-corrected chi connectivity index (χ0v) is 24.9. The highest BCUT2D eigenvalue weighted by atomic mass is 16.7. The van der Waals surface area contributed by atoms with Crippen molar-refractivity contribution >= 4 is 17.8 Å². The third-order valence-electron chi connectivity index (χ3n) is 10.9. The second kappa shape index (κ2) is 10.3. The van der Waals surface area contributed by atoms with E-state index in [0.29, 0.717) is 49.5 Å². The fraction of sp³-hybridized carbons (Fsp3) is 0.781. The number of likely N-dealkylation sites (tertiary alicyclic amines) is 1. The fourth-order valence-corrected chi connectivity index (χ4v) is 8.92. The molecule has 0 bridgehead atoms. The number of piperidine rings is 1. The molecular formula is C32H48N2O5. The summed E-state index contributed by atoms with van der Waals surface area (Å²) in [5.74, 6) is 1.64. The summed E-state index contributed by atoms with van der Waals surface area (Å²) >= 11 is 0. The molecule has 7 heteroatoms. The second-order valence-electron chi connectivity index (χ2n) is 14.4. The van der Waals surface area contributed by atoms with Crippen LogP contribution >= 0.6 is 0 Å². The number of hydrogen-bond donors (Lipinski definition) is 1. The van der Waals surface area contributed by atoms with Gasteiger partial charge in [0.15, 0.2) is 5.78 Å². The van der Waals surface area contributed by atoms with Crippen LogP contribution in [0.15, 0.2) is 22.9 Å². The summed E-state index contributed by atoms with van der Waals surface area (Å²) in [4.78, 5) is 44.9. The lowest BCUT2D eigenvalue weighted by Crippen LogP contribution is -2.49. The summed E-state index contributed by atoms with van der Waals surface area (Å²) in [5.41, 5.74) is 6.56. The van der Waals surface area contributed by atoms with E-state index in [1.54, 1.807) is 4.90 Å². The number of rotatable bonds is 3. The molecule has 39 heavy (non-hydrogen) atoms. The molecule has 5 rings (SSSR count). The molecule has 4 aliphatic carbocycles. The average molecular weight is 541 g/mol. The van der Waals surface area contributed by atoms with Gasteiger partial charge in [-0.05, 0) is 126 Å². The molecule has 1 heterocycles. The third-order valence-corrected chi connectivity index (χ3v) is 10.9. The minimum atomic E-state index is -0.562. The summed E-state index contributed by atoms with van der Waals surface area (Å²) in [6, 6.07) is 0. The number of carbonyl (C=O) groups is 3. The van der Waals surface area contributed by atoms with Crippen molar-refractivity contribution < 1.29 is 24.0 Å². The van der Waals surface area contributed by atoms with Crippen LogP contribution in [0.5, 0.6) is 0 Å². The Hall–Kier alpha value is -2.31. The number of fused-ring (bicyclic) bond motifs is 5. The van der Waals surface area contributed by atoms with Gasteiger partial charge in [-0.1, -0.05) is 19.4 Å². The molecule has 0 radical (unpaired) electrons. The van der Waals surface area contributed by atoms with E-state index in [0.717, 1.165) is 37.8 Å². The molecular weight excluding hydrogens is 492 g/mol. The molecule has 4 fully saturated rings. The van der Waals surface area contributed by atoms with Gasteiger partial charge in [-0.25, -0.2) is 15.1 Å². The minimum absolute atomic E-state index is 0.116. The molecule has 1 N–H and O–H groups in total. The lowest BCUT2D eigenvalue weighted by atomic mass is 9.47. The van der Waals surface area contributed by atoms with E-state index < -0.39 is 5.60 Å². The van der Waals surface area contributed by atoms with Crippen molar-refractivity contribution in [3.05, 3.63) is 22.9 Å². The zero-order valence-electron chi connectivity index (χ0n) is 24.9. The molecule has 1 aliphatic heterocycles. The first-order chi connectivity index (χ1) is 18.3. The normalized spacial score (nSPS) is 37.6. The van der Waals surface area contributed by atoms with Crippen molar-refractivity contribution in [2.45, 2.75) is 111 Å². The number of nitrogens with zero attached hydrogens (tertiary/aromatic N) is 1. The Balaban J connectivity index is 1.22. The number of allylic oxidation sites excluding steroid dienone is 3. The highest BCUT2D eigenvalue weighted by Crippen LogP contribution is 2.66. The van der Waals surface area contributed by atoms with Gasteiger partial charge >= 0.3 is 12.1 Å². The summed E-state index contributed by atoms with van der Waals surface area (Å²) < 4.78 is 5.50. The van der Waals surface area contributed by atoms with Crippen LogP contribution in [0.4, 0.5) is 4.79 Å². The minimum Gasteiger partial charge on any atom is -0.444 e. The Labute approximate surface area is 234 Å². The van der Waals surface area contributed by atoms with Crippen molar-refractivity contribution in [1.29, 1.82) is 0 Å². The van der Waals surface area contributed by atoms with Gasteiger partial charge < -0.3 is 14.5 Å². The Bertz CT molecular complexity index is 1090. The molecule has 5 aliphatic rings. The summed E-state index contributed by atoms with van der Waals surface area (Å²) in [5, 5.41) is 0. The monoisotopic (exact) mass is 540 g/mol. The molecule has 6 atom stereocenters. The molecule has 3 saturated carbocycles. The maximum atomic E-state index is 13.0. The van der Waals surface area contributed by atoms with Gasteiger partial charge in [0, 0.05) is 25.2 Å². The Morgan fingerprint density at radius 3 is 2.49 bits per heavy atom. The molecule has 1 unspecified atom stereocenters. The number of carbonyl (C=O) groups excluding carboxylic acids is 3. The van der Waals surface area contributed by atoms with Crippen LogP contribution in [-0.4, -0.2) is 41.4 Å². The first-order valence-corrected chi connectivity index (χ1v) is 15.2. The van der Waals surface area contributed by atoms with Gasteiger partial charge in [0.25, 0.3) is 0 Å².